The van der Waals surface area contributed by atoms with Gasteiger partial charge in [-0.1, -0.05) is 55.5 Å². The lowest BCUT2D eigenvalue weighted by Crippen LogP contribution is -2.24. The molecule has 0 unspecified atom stereocenters. The van der Waals surface area contributed by atoms with Crippen LogP contribution < -0.4 is 10.1 Å². The van der Waals surface area contributed by atoms with Gasteiger partial charge >= 0.3 is 6.18 Å². The molecule has 5 heteroatoms. The first-order valence-corrected chi connectivity index (χ1v) is 11.4. The van der Waals surface area contributed by atoms with Crippen molar-refractivity contribution >= 4 is 10.8 Å². The van der Waals surface area contributed by atoms with Crippen LogP contribution in [0.15, 0.2) is 84.9 Å². The van der Waals surface area contributed by atoms with Crippen LogP contribution in [0.1, 0.15) is 49.0 Å². The highest BCUT2D eigenvalue weighted by Gasteiger charge is 2.30. The van der Waals surface area contributed by atoms with E-state index in [1.54, 1.807) is 19.2 Å². The number of methoxy groups -OCH3 is 1. The lowest BCUT2D eigenvalue weighted by molar-refractivity contribution is -0.137. The Morgan fingerprint density at radius 2 is 1.59 bits per heavy atom. The third-order valence-electron chi connectivity index (χ3n) is 6.26. The topological polar surface area (TPSA) is 21.3 Å². The van der Waals surface area contributed by atoms with Crippen LogP contribution in [0.4, 0.5) is 13.2 Å². The Labute approximate surface area is 198 Å². The molecular weight excluding hydrogens is 435 g/mol. The summed E-state index contributed by atoms with van der Waals surface area (Å²) in [7, 11) is 1.66. The minimum absolute atomic E-state index is 0.0685. The molecule has 0 aliphatic rings. The quantitative estimate of drug-likeness (QED) is 0.297. The van der Waals surface area contributed by atoms with Crippen LogP contribution in [0.3, 0.4) is 0 Å². The molecule has 176 valence electrons. The number of halogens is 3. The van der Waals surface area contributed by atoms with E-state index in [-0.39, 0.29) is 12.1 Å². The molecule has 34 heavy (non-hydrogen) atoms. The molecule has 0 amide bonds. The molecule has 0 fully saturated rings. The van der Waals surface area contributed by atoms with E-state index < -0.39 is 11.7 Å². The van der Waals surface area contributed by atoms with Crippen LogP contribution in [0.2, 0.25) is 0 Å². The zero-order valence-electron chi connectivity index (χ0n) is 19.5. The van der Waals surface area contributed by atoms with Crippen molar-refractivity contribution in [3.05, 3.63) is 102 Å². The van der Waals surface area contributed by atoms with Gasteiger partial charge in [-0.2, -0.15) is 13.2 Å². The summed E-state index contributed by atoms with van der Waals surface area (Å²) in [5.41, 5.74) is 3.28. The van der Waals surface area contributed by atoms with Gasteiger partial charge in [0.15, 0.2) is 0 Å². The molecule has 0 heterocycles. The Bertz CT molecular complexity index is 1260. The van der Waals surface area contributed by atoms with Gasteiger partial charge in [0.2, 0.25) is 0 Å². The van der Waals surface area contributed by atoms with E-state index in [1.807, 2.05) is 42.5 Å². The minimum Gasteiger partial charge on any atom is -0.497 e. The van der Waals surface area contributed by atoms with Crippen molar-refractivity contribution in [3.63, 3.8) is 0 Å². The summed E-state index contributed by atoms with van der Waals surface area (Å²) >= 11 is 0. The molecule has 0 aliphatic heterocycles. The number of benzene rings is 4. The molecule has 4 aromatic carbocycles. The lowest BCUT2D eigenvalue weighted by Gasteiger charge is -2.24. The van der Waals surface area contributed by atoms with E-state index in [1.165, 1.54) is 0 Å². The zero-order chi connectivity index (χ0) is 24.3. The fraction of sp³-hybridized carbons (Fsp3) is 0.241. The zero-order valence-corrected chi connectivity index (χ0v) is 19.5. The minimum atomic E-state index is -4.35. The number of hydrogen-bond donors (Lipinski definition) is 1. The van der Waals surface area contributed by atoms with Crippen molar-refractivity contribution in [2.45, 2.75) is 38.5 Å². The van der Waals surface area contributed by atoms with E-state index in [2.05, 4.69) is 37.4 Å². The Morgan fingerprint density at radius 3 is 2.26 bits per heavy atom. The number of ether oxygens (including phenoxy) is 1. The molecule has 4 aromatic rings. The van der Waals surface area contributed by atoms with Crippen LogP contribution in [0.5, 0.6) is 5.75 Å². The van der Waals surface area contributed by atoms with Gasteiger partial charge in [-0.05, 0) is 82.8 Å². The second kappa shape index (κ2) is 9.90. The SMILES string of the molecule is CC[C@@H](N[C@H](C)c1cccc(OC)c1)c1cc(-c2ccc(C(F)(F)F)cc2)c2ccccc2c1. The molecule has 0 aliphatic carbocycles. The molecule has 2 nitrogen and oxygen atoms in total. The van der Waals surface area contributed by atoms with E-state index in [0.29, 0.717) is 0 Å². The number of alkyl halides is 3. The van der Waals surface area contributed by atoms with Crippen molar-refractivity contribution in [1.82, 2.24) is 5.32 Å². The van der Waals surface area contributed by atoms with Gasteiger partial charge in [0, 0.05) is 12.1 Å². The Balaban J connectivity index is 1.72. The van der Waals surface area contributed by atoms with E-state index in [9.17, 15) is 13.2 Å². The largest absolute Gasteiger partial charge is 0.497 e. The summed E-state index contributed by atoms with van der Waals surface area (Å²) in [5.74, 6) is 0.814. The summed E-state index contributed by atoms with van der Waals surface area (Å²) in [4.78, 5) is 0. The third-order valence-corrected chi connectivity index (χ3v) is 6.26. The maximum atomic E-state index is 13.1. The molecule has 0 saturated heterocycles. The van der Waals surface area contributed by atoms with E-state index in [4.69, 9.17) is 4.74 Å². The van der Waals surface area contributed by atoms with E-state index in [0.717, 1.165) is 57.3 Å². The summed E-state index contributed by atoms with van der Waals surface area (Å²) in [5, 5.41) is 5.79. The van der Waals surface area contributed by atoms with Gasteiger partial charge in [-0.3, -0.25) is 0 Å². The van der Waals surface area contributed by atoms with Crippen molar-refractivity contribution < 1.29 is 17.9 Å². The maximum absolute atomic E-state index is 13.1. The normalized spacial score (nSPS) is 13.6. The maximum Gasteiger partial charge on any atom is 0.416 e. The summed E-state index contributed by atoms with van der Waals surface area (Å²) in [6, 6.07) is 25.8. The molecule has 0 saturated carbocycles. The Morgan fingerprint density at radius 1 is 0.853 bits per heavy atom. The van der Waals surface area contributed by atoms with Crippen LogP contribution in [-0.4, -0.2) is 7.11 Å². The van der Waals surface area contributed by atoms with Crippen LogP contribution in [0.25, 0.3) is 21.9 Å². The Hall–Kier alpha value is -3.31. The summed E-state index contributed by atoms with van der Waals surface area (Å²) in [6.07, 6.45) is -3.49. The van der Waals surface area contributed by atoms with Crippen molar-refractivity contribution in [2.24, 2.45) is 0 Å². The fourth-order valence-electron chi connectivity index (χ4n) is 4.37. The smallest absolute Gasteiger partial charge is 0.416 e. The second-order valence-corrected chi connectivity index (χ2v) is 8.49. The van der Waals surface area contributed by atoms with Gasteiger partial charge in [-0.15, -0.1) is 0 Å². The van der Waals surface area contributed by atoms with Crippen molar-refractivity contribution in [1.29, 1.82) is 0 Å². The molecule has 0 aromatic heterocycles. The molecule has 1 N–H and O–H groups in total. The van der Waals surface area contributed by atoms with Crippen LogP contribution in [-0.2, 0) is 6.18 Å². The highest BCUT2D eigenvalue weighted by molar-refractivity contribution is 5.97. The highest BCUT2D eigenvalue weighted by Crippen LogP contribution is 2.36. The predicted molar refractivity (Wildman–Crippen MR) is 132 cm³/mol. The van der Waals surface area contributed by atoms with Gasteiger partial charge in [0.1, 0.15) is 5.75 Å². The number of rotatable bonds is 7. The third kappa shape index (κ3) is 5.10. The van der Waals surface area contributed by atoms with E-state index >= 15 is 0 Å². The molecule has 0 spiro atoms. The van der Waals surface area contributed by atoms with Crippen LogP contribution >= 0.6 is 0 Å². The van der Waals surface area contributed by atoms with Crippen LogP contribution in [0, 0.1) is 0 Å². The first kappa shape index (κ1) is 23.8. The van der Waals surface area contributed by atoms with Crippen molar-refractivity contribution in [3.8, 4) is 16.9 Å². The number of fused-ring (bicyclic) bond motifs is 1. The molecular formula is C29H28F3NO. The molecule has 0 radical (unpaired) electrons. The van der Waals surface area contributed by atoms with Gasteiger partial charge in [0.05, 0.1) is 12.7 Å². The number of hydrogen-bond acceptors (Lipinski definition) is 2. The van der Waals surface area contributed by atoms with Gasteiger partial charge < -0.3 is 10.1 Å². The van der Waals surface area contributed by atoms with Gasteiger partial charge in [-0.25, -0.2) is 0 Å². The van der Waals surface area contributed by atoms with Crippen molar-refractivity contribution in [2.75, 3.05) is 7.11 Å². The standard InChI is InChI=1S/C29H28F3NO/c1-4-28(33-19(2)21-9-7-10-25(17-21)34-3)23-16-22-8-5-6-11-26(22)27(18-23)20-12-14-24(15-13-20)29(30,31)32/h5-19,28,33H,4H2,1-3H3/t19-,28-/m1/s1. The first-order chi connectivity index (χ1) is 16.3. The number of nitrogens with one attached hydrogen (secondary N) is 1. The monoisotopic (exact) mass is 463 g/mol. The second-order valence-electron chi connectivity index (χ2n) is 8.49. The summed E-state index contributed by atoms with van der Waals surface area (Å²) < 4.78 is 44.6. The predicted octanol–water partition coefficient (Wildman–Crippen LogP) is 8.34. The highest BCUT2D eigenvalue weighted by atomic mass is 19.4. The Kier molecular flexibility index (Phi) is 6.94. The average molecular weight is 464 g/mol. The fourth-order valence-corrected chi connectivity index (χ4v) is 4.37. The average Bonchev–Trinajstić information content (AvgIpc) is 2.86. The van der Waals surface area contributed by atoms with Gasteiger partial charge in [0.25, 0.3) is 0 Å². The molecule has 2 atom stereocenters. The molecule has 4 rings (SSSR count). The lowest BCUT2D eigenvalue weighted by atomic mass is 9.91. The summed E-state index contributed by atoms with van der Waals surface area (Å²) in [6.45, 7) is 4.25. The molecule has 0 bridgehead atoms. The first-order valence-electron chi connectivity index (χ1n) is 11.4.